The Bertz CT molecular complexity index is 512. The summed E-state index contributed by atoms with van der Waals surface area (Å²) in [6.45, 7) is 7.30. The van der Waals surface area contributed by atoms with E-state index < -0.39 is 0 Å². The molecule has 2 rings (SSSR count). The summed E-state index contributed by atoms with van der Waals surface area (Å²) in [5.41, 5.74) is 2.90. The number of benzene rings is 1. The molecule has 1 heterocycles. The van der Waals surface area contributed by atoms with Crippen LogP contribution in [0.1, 0.15) is 31.4 Å². The van der Waals surface area contributed by atoms with Crippen molar-refractivity contribution in [2.45, 2.75) is 39.9 Å². The third kappa shape index (κ3) is 3.76. The standard InChI is InChI=1S/C16H22ClNO3/c1-4-13-6-7-14(17)11(2)16(13)18(12(3)19)10-15-20-8-5-9-21-15/h6-7,15H,4-5,8-10H2,1-3H3. The second-order valence-electron chi connectivity index (χ2n) is 5.19. The quantitative estimate of drug-likeness (QED) is 0.856. The molecule has 0 unspecified atom stereocenters. The molecular formula is C16H22ClNO3. The summed E-state index contributed by atoms with van der Waals surface area (Å²) in [7, 11) is 0. The fraction of sp³-hybridized carbons (Fsp3) is 0.562. The van der Waals surface area contributed by atoms with Crippen molar-refractivity contribution >= 4 is 23.2 Å². The molecule has 0 saturated carbocycles. The lowest BCUT2D eigenvalue weighted by Gasteiger charge is -2.31. The summed E-state index contributed by atoms with van der Waals surface area (Å²) in [5.74, 6) is -0.0344. The smallest absolute Gasteiger partial charge is 0.224 e. The van der Waals surface area contributed by atoms with Crippen LogP contribution in [0.15, 0.2) is 12.1 Å². The lowest BCUT2D eigenvalue weighted by molar-refractivity contribution is -0.173. The van der Waals surface area contributed by atoms with Gasteiger partial charge in [-0.2, -0.15) is 0 Å². The number of rotatable bonds is 4. The first kappa shape index (κ1) is 16.3. The topological polar surface area (TPSA) is 38.8 Å². The molecule has 21 heavy (non-hydrogen) atoms. The van der Waals surface area contributed by atoms with E-state index in [2.05, 4.69) is 6.92 Å². The largest absolute Gasteiger partial charge is 0.351 e. The Labute approximate surface area is 131 Å². The van der Waals surface area contributed by atoms with Gasteiger partial charge in [-0.25, -0.2) is 0 Å². The molecule has 5 heteroatoms. The summed E-state index contributed by atoms with van der Waals surface area (Å²) in [6, 6.07) is 3.86. The van der Waals surface area contributed by atoms with Gasteiger partial charge >= 0.3 is 0 Å². The van der Waals surface area contributed by atoms with Crippen LogP contribution >= 0.6 is 11.6 Å². The van der Waals surface area contributed by atoms with Crippen LogP contribution < -0.4 is 4.90 Å². The summed E-state index contributed by atoms with van der Waals surface area (Å²) in [5, 5.41) is 0.666. The molecule has 0 N–H and O–H groups in total. The Hall–Kier alpha value is -1.10. The molecule has 1 saturated heterocycles. The Morgan fingerprint density at radius 1 is 1.38 bits per heavy atom. The van der Waals surface area contributed by atoms with E-state index >= 15 is 0 Å². The van der Waals surface area contributed by atoms with Crippen molar-refractivity contribution in [3.05, 3.63) is 28.3 Å². The zero-order valence-corrected chi connectivity index (χ0v) is 13.6. The monoisotopic (exact) mass is 311 g/mol. The van der Waals surface area contributed by atoms with Gasteiger partial charge in [0.2, 0.25) is 5.91 Å². The molecule has 1 fully saturated rings. The maximum atomic E-state index is 12.1. The molecule has 4 nitrogen and oxygen atoms in total. The second-order valence-corrected chi connectivity index (χ2v) is 5.60. The first-order valence-corrected chi connectivity index (χ1v) is 7.71. The van der Waals surface area contributed by atoms with Gasteiger partial charge < -0.3 is 14.4 Å². The van der Waals surface area contributed by atoms with Crippen LogP contribution in [0.3, 0.4) is 0 Å². The first-order valence-electron chi connectivity index (χ1n) is 7.33. The molecule has 1 aromatic carbocycles. The summed E-state index contributed by atoms with van der Waals surface area (Å²) < 4.78 is 11.1. The minimum absolute atomic E-state index is 0.0344. The van der Waals surface area contributed by atoms with E-state index in [1.165, 1.54) is 0 Å². The highest BCUT2D eigenvalue weighted by atomic mass is 35.5. The number of anilines is 1. The highest BCUT2D eigenvalue weighted by Gasteiger charge is 2.24. The maximum Gasteiger partial charge on any atom is 0.224 e. The normalized spacial score (nSPS) is 16.0. The van der Waals surface area contributed by atoms with E-state index in [1.54, 1.807) is 11.8 Å². The first-order chi connectivity index (χ1) is 10.0. The average Bonchev–Trinajstić information content (AvgIpc) is 2.49. The Morgan fingerprint density at radius 2 is 2.05 bits per heavy atom. The van der Waals surface area contributed by atoms with Gasteiger partial charge in [-0.3, -0.25) is 4.79 Å². The predicted octanol–water partition coefficient (Wildman–Crippen LogP) is 3.33. The van der Waals surface area contributed by atoms with Crippen LogP contribution in [-0.4, -0.2) is 32.0 Å². The van der Waals surface area contributed by atoms with Crippen molar-refractivity contribution in [2.24, 2.45) is 0 Å². The Kier molecular flexibility index (Phi) is 5.62. The number of carbonyl (C=O) groups is 1. The van der Waals surface area contributed by atoms with Crippen molar-refractivity contribution < 1.29 is 14.3 Å². The van der Waals surface area contributed by atoms with Gasteiger partial charge in [0.1, 0.15) is 0 Å². The number of hydrogen-bond donors (Lipinski definition) is 0. The van der Waals surface area contributed by atoms with E-state index in [0.717, 1.165) is 29.7 Å². The molecule has 1 aliphatic rings. The van der Waals surface area contributed by atoms with E-state index in [1.807, 2.05) is 19.1 Å². The molecule has 1 aliphatic heterocycles. The van der Waals surface area contributed by atoms with E-state index in [4.69, 9.17) is 21.1 Å². The van der Waals surface area contributed by atoms with Crippen LogP contribution in [0.25, 0.3) is 0 Å². The van der Waals surface area contributed by atoms with Gasteiger partial charge in [0.25, 0.3) is 0 Å². The molecular weight excluding hydrogens is 290 g/mol. The number of halogens is 1. The Balaban J connectivity index is 2.33. The number of carbonyl (C=O) groups excluding carboxylic acids is 1. The van der Waals surface area contributed by atoms with Crippen molar-refractivity contribution in [2.75, 3.05) is 24.7 Å². The number of amides is 1. The number of ether oxygens (including phenoxy) is 2. The third-order valence-corrected chi connectivity index (χ3v) is 4.12. The van der Waals surface area contributed by atoms with Gasteiger partial charge in [-0.15, -0.1) is 0 Å². The molecule has 1 aromatic rings. The zero-order chi connectivity index (χ0) is 15.4. The highest BCUT2D eigenvalue weighted by Crippen LogP contribution is 2.32. The summed E-state index contributed by atoms with van der Waals surface area (Å²) in [6.07, 6.45) is 1.36. The van der Waals surface area contributed by atoms with Gasteiger partial charge in [0.05, 0.1) is 25.4 Å². The minimum atomic E-state index is -0.370. The van der Waals surface area contributed by atoms with E-state index in [9.17, 15) is 4.79 Å². The SMILES string of the molecule is CCc1ccc(Cl)c(C)c1N(CC1OCCCO1)C(C)=O. The summed E-state index contributed by atoms with van der Waals surface area (Å²) in [4.78, 5) is 13.8. The van der Waals surface area contributed by atoms with Crippen LogP contribution in [0.2, 0.25) is 5.02 Å². The van der Waals surface area contributed by atoms with Gasteiger partial charge in [0.15, 0.2) is 6.29 Å². The molecule has 1 amide bonds. The highest BCUT2D eigenvalue weighted by molar-refractivity contribution is 6.31. The lowest BCUT2D eigenvalue weighted by atomic mass is 10.0. The predicted molar refractivity (Wildman–Crippen MR) is 83.9 cm³/mol. The minimum Gasteiger partial charge on any atom is -0.351 e. The van der Waals surface area contributed by atoms with E-state index in [0.29, 0.717) is 24.8 Å². The van der Waals surface area contributed by atoms with Gasteiger partial charge in [-0.05, 0) is 37.0 Å². The molecule has 0 bridgehead atoms. The lowest BCUT2D eigenvalue weighted by Crippen LogP contribution is -2.41. The Morgan fingerprint density at radius 3 is 2.62 bits per heavy atom. The third-order valence-electron chi connectivity index (χ3n) is 3.71. The number of aryl methyl sites for hydroxylation is 1. The van der Waals surface area contributed by atoms with Crippen molar-refractivity contribution in [3.63, 3.8) is 0 Å². The van der Waals surface area contributed by atoms with Crippen molar-refractivity contribution in [1.29, 1.82) is 0 Å². The molecule has 0 radical (unpaired) electrons. The molecule has 0 spiro atoms. The number of nitrogens with zero attached hydrogens (tertiary/aromatic N) is 1. The molecule has 0 aromatic heterocycles. The fourth-order valence-corrected chi connectivity index (χ4v) is 2.71. The molecule has 0 aliphatic carbocycles. The zero-order valence-electron chi connectivity index (χ0n) is 12.8. The number of hydrogen-bond acceptors (Lipinski definition) is 3. The van der Waals surface area contributed by atoms with Crippen LogP contribution in [-0.2, 0) is 20.7 Å². The molecule has 116 valence electrons. The van der Waals surface area contributed by atoms with Crippen LogP contribution in [0.4, 0.5) is 5.69 Å². The second kappa shape index (κ2) is 7.25. The molecule has 0 atom stereocenters. The summed E-state index contributed by atoms with van der Waals surface area (Å²) >= 11 is 6.23. The maximum absolute atomic E-state index is 12.1. The average molecular weight is 312 g/mol. The van der Waals surface area contributed by atoms with Gasteiger partial charge in [0, 0.05) is 11.9 Å². The van der Waals surface area contributed by atoms with E-state index in [-0.39, 0.29) is 12.2 Å². The van der Waals surface area contributed by atoms with Crippen LogP contribution in [0.5, 0.6) is 0 Å². The fourth-order valence-electron chi connectivity index (χ4n) is 2.56. The van der Waals surface area contributed by atoms with Crippen molar-refractivity contribution in [1.82, 2.24) is 0 Å². The van der Waals surface area contributed by atoms with Gasteiger partial charge in [-0.1, -0.05) is 24.6 Å². The van der Waals surface area contributed by atoms with Crippen molar-refractivity contribution in [3.8, 4) is 0 Å². The van der Waals surface area contributed by atoms with Crippen LogP contribution in [0, 0.1) is 6.92 Å².